The topological polar surface area (TPSA) is 20.2 Å². The lowest BCUT2D eigenvalue weighted by atomic mass is 9.74. The Labute approximate surface area is 75.6 Å². The Bertz CT molecular complexity index is 227. The zero-order chi connectivity index (χ0) is 9.46. The molecule has 0 bridgehead atoms. The van der Waals surface area contributed by atoms with Crippen LogP contribution < -0.4 is 10.9 Å². The normalized spacial score (nSPS) is 10.2. The van der Waals surface area contributed by atoms with Crippen molar-refractivity contribution in [1.82, 2.24) is 0 Å². The predicted molar refractivity (Wildman–Crippen MR) is 53.1 cm³/mol. The van der Waals surface area contributed by atoms with Crippen molar-refractivity contribution >= 4 is 26.6 Å². The van der Waals surface area contributed by atoms with Crippen LogP contribution in [0.15, 0.2) is 0 Å². The van der Waals surface area contributed by atoms with E-state index in [0.29, 0.717) is 16.5 Å². The van der Waals surface area contributed by atoms with Gasteiger partial charge in [-0.05, 0) is 31.9 Å². The molecule has 1 N–H and O–H groups in total. The Morgan fingerprint density at radius 3 is 1.75 bits per heavy atom. The van der Waals surface area contributed by atoms with Crippen LogP contribution in [0.4, 0.5) is 0 Å². The van der Waals surface area contributed by atoms with Crippen LogP contribution in [0.3, 0.4) is 0 Å². The van der Waals surface area contributed by atoms with E-state index in [0.717, 1.165) is 11.1 Å². The maximum absolute atomic E-state index is 9.56. The molecule has 0 heterocycles. The highest BCUT2D eigenvalue weighted by molar-refractivity contribution is 6.50. The SMILES string of the molecule is [B]c1c([B])c(C)c(O)c(C)c1C. The highest BCUT2D eigenvalue weighted by Gasteiger charge is 2.09. The second-order valence-electron chi connectivity index (χ2n) is 3.05. The first-order valence-corrected chi connectivity index (χ1v) is 3.80. The molecule has 0 aliphatic rings. The molecule has 12 heavy (non-hydrogen) atoms. The lowest BCUT2D eigenvalue weighted by molar-refractivity contribution is 0.467. The standard InChI is InChI=1S/C9H10B2O/c1-4-5(2)9(12)6(3)8(11)7(4)10/h12H,1-3H3. The summed E-state index contributed by atoms with van der Waals surface area (Å²) in [5.74, 6) is 0.249. The largest absolute Gasteiger partial charge is 0.507 e. The minimum Gasteiger partial charge on any atom is -0.507 e. The fourth-order valence-corrected chi connectivity index (χ4v) is 1.19. The van der Waals surface area contributed by atoms with Crippen molar-refractivity contribution in [2.24, 2.45) is 0 Å². The van der Waals surface area contributed by atoms with Crippen molar-refractivity contribution in [2.45, 2.75) is 20.8 Å². The first-order chi connectivity index (χ1) is 5.46. The molecule has 0 saturated carbocycles. The fraction of sp³-hybridized carbons (Fsp3) is 0.333. The van der Waals surface area contributed by atoms with E-state index in [4.69, 9.17) is 15.7 Å². The number of rotatable bonds is 0. The van der Waals surface area contributed by atoms with Crippen LogP contribution >= 0.6 is 0 Å². The highest BCUT2D eigenvalue weighted by Crippen LogP contribution is 2.20. The number of aromatic hydroxyl groups is 1. The van der Waals surface area contributed by atoms with Gasteiger partial charge >= 0.3 is 0 Å². The van der Waals surface area contributed by atoms with Crippen LogP contribution in [-0.2, 0) is 0 Å². The predicted octanol–water partition coefficient (Wildman–Crippen LogP) is -0.0949. The average molecular weight is 156 g/mol. The monoisotopic (exact) mass is 156 g/mol. The van der Waals surface area contributed by atoms with Crippen molar-refractivity contribution < 1.29 is 5.11 Å². The maximum Gasteiger partial charge on any atom is 0.121 e. The Hall–Kier alpha value is -0.850. The quantitative estimate of drug-likeness (QED) is 0.520. The maximum atomic E-state index is 9.56. The molecule has 0 saturated heterocycles. The summed E-state index contributed by atoms with van der Waals surface area (Å²) in [6.45, 7) is 5.43. The zero-order valence-electron chi connectivity index (χ0n) is 7.60. The van der Waals surface area contributed by atoms with E-state index >= 15 is 0 Å². The molecule has 0 aliphatic heterocycles. The van der Waals surface area contributed by atoms with Crippen LogP contribution in [0.2, 0.25) is 0 Å². The van der Waals surface area contributed by atoms with Gasteiger partial charge in [0.25, 0.3) is 0 Å². The Morgan fingerprint density at radius 1 is 0.833 bits per heavy atom. The molecule has 0 aliphatic carbocycles. The third-order valence-corrected chi connectivity index (χ3v) is 2.37. The molecule has 1 aromatic rings. The van der Waals surface area contributed by atoms with Gasteiger partial charge in [0.1, 0.15) is 21.4 Å². The second kappa shape index (κ2) is 2.89. The van der Waals surface area contributed by atoms with Crippen LogP contribution in [0.5, 0.6) is 5.75 Å². The van der Waals surface area contributed by atoms with Crippen molar-refractivity contribution in [3.63, 3.8) is 0 Å². The summed E-state index contributed by atoms with van der Waals surface area (Å²) >= 11 is 0. The molecule has 1 aromatic carbocycles. The third kappa shape index (κ3) is 1.13. The molecule has 0 spiro atoms. The van der Waals surface area contributed by atoms with E-state index < -0.39 is 0 Å². The minimum atomic E-state index is 0.249. The summed E-state index contributed by atoms with van der Waals surface area (Å²) < 4.78 is 0. The average Bonchev–Trinajstić information content (AvgIpc) is 2.08. The Morgan fingerprint density at radius 2 is 1.25 bits per heavy atom. The fourth-order valence-electron chi connectivity index (χ4n) is 1.19. The van der Waals surface area contributed by atoms with Gasteiger partial charge in [-0.3, -0.25) is 0 Å². The summed E-state index contributed by atoms with van der Waals surface area (Å²) in [4.78, 5) is 0. The zero-order valence-corrected chi connectivity index (χ0v) is 7.60. The number of benzene rings is 1. The Balaban J connectivity index is 3.60. The molecule has 1 rings (SSSR count). The molecule has 0 aromatic heterocycles. The number of phenolic OH excluding ortho intramolecular Hbond substituents is 1. The lowest BCUT2D eigenvalue weighted by Gasteiger charge is -2.14. The third-order valence-electron chi connectivity index (χ3n) is 2.37. The first kappa shape index (κ1) is 9.24. The van der Waals surface area contributed by atoms with Crippen molar-refractivity contribution in [2.75, 3.05) is 0 Å². The van der Waals surface area contributed by atoms with Gasteiger partial charge in [0, 0.05) is 0 Å². The van der Waals surface area contributed by atoms with Crippen molar-refractivity contribution in [3.05, 3.63) is 16.7 Å². The molecule has 4 radical (unpaired) electrons. The first-order valence-electron chi connectivity index (χ1n) is 3.80. The molecule has 0 fully saturated rings. The molecule has 0 unspecified atom stereocenters. The summed E-state index contributed by atoms with van der Waals surface area (Å²) in [6.07, 6.45) is 0. The summed E-state index contributed by atoms with van der Waals surface area (Å²) in [6, 6.07) is 0. The lowest BCUT2D eigenvalue weighted by Crippen LogP contribution is -2.31. The van der Waals surface area contributed by atoms with Crippen molar-refractivity contribution in [3.8, 4) is 5.75 Å². The number of hydrogen-bond donors (Lipinski definition) is 1. The van der Waals surface area contributed by atoms with E-state index in [1.54, 1.807) is 6.92 Å². The van der Waals surface area contributed by atoms with Gasteiger partial charge in [0.2, 0.25) is 0 Å². The van der Waals surface area contributed by atoms with Gasteiger partial charge in [-0.15, -0.1) is 0 Å². The van der Waals surface area contributed by atoms with E-state index in [1.165, 1.54) is 0 Å². The smallest absolute Gasteiger partial charge is 0.121 e. The van der Waals surface area contributed by atoms with Gasteiger partial charge in [0.15, 0.2) is 0 Å². The van der Waals surface area contributed by atoms with E-state index in [1.807, 2.05) is 13.8 Å². The van der Waals surface area contributed by atoms with Crippen LogP contribution in [0, 0.1) is 20.8 Å². The molecule has 0 amide bonds. The highest BCUT2D eigenvalue weighted by atomic mass is 16.3. The molecule has 3 heteroatoms. The molecule has 1 nitrogen and oxygen atoms in total. The molecular weight excluding hydrogens is 146 g/mol. The van der Waals surface area contributed by atoms with E-state index in [9.17, 15) is 5.11 Å². The summed E-state index contributed by atoms with van der Waals surface area (Å²) in [5.41, 5.74) is 3.38. The minimum absolute atomic E-state index is 0.249. The van der Waals surface area contributed by atoms with E-state index in [2.05, 4.69) is 0 Å². The van der Waals surface area contributed by atoms with Crippen LogP contribution in [0.1, 0.15) is 16.7 Å². The van der Waals surface area contributed by atoms with Crippen LogP contribution in [-0.4, -0.2) is 20.8 Å². The summed E-state index contributed by atoms with van der Waals surface area (Å²) in [7, 11) is 11.4. The molecule has 0 atom stereocenters. The van der Waals surface area contributed by atoms with Gasteiger partial charge in [-0.1, -0.05) is 16.5 Å². The van der Waals surface area contributed by atoms with Gasteiger partial charge in [-0.25, -0.2) is 0 Å². The Kier molecular flexibility index (Phi) is 2.22. The van der Waals surface area contributed by atoms with Gasteiger partial charge < -0.3 is 5.11 Å². The molecule has 58 valence electrons. The van der Waals surface area contributed by atoms with Crippen molar-refractivity contribution in [1.29, 1.82) is 0 Å². The number of phenols is 1. The second-order valence-corrected chi connectivity index (χ2v) is 3.05. The van der Waals surface area contributed by atoms with Gasteiger partial charge in [0.05, 0.1) is 0 Å². The number of hydrogen-bond acceptors (Lipinski definition) is 1. The van der Waals surface area contributed by atoms with E-state index in [-0.39, 0.29) is 5.75 Å². The van der Waals surface area contributed by atoms with Gasteiger partial charge in [-0.2, -0.15) is 0 Å². The van der Waals surface area contributed by atoms with Crippen LogP contribution in [0.25, 0.3) is 0 Å². The molecular formula is C9H10B2O. The summed E-state index contributed by atoms with van der Waals surface area (Å²) in [5, 5.41) is 9.56.